The summed E-state index contributed by atoms with van der Waals surface area (Å²) in [5.74, 6) is 1.15. The summed E-state index contributed by atoms with van der Waals surface area (Å²) >= 11 is 0. The van der Waals surface area contributed by atoms with Gasteiger partial charge in [-0.15, -0.1) is 0 Å². The number of pyridine rings is 3. The van der Waals surface area contributed by atoms with E-state index in [4.69, 9.17) is 4.98 Å². The maximum absolute atomic E-state index is 13.4. The van der Waals surface area contributed by atoms with Gasteiger partial charge in [0, 0.05) is 61.1 Å². The van der Waals surface area contributed by atoms with Crippen molar-refractivity contribution in [1.29, 1.82) is 0 Å². The van der Waals surface area contributed by atoms with E-state index >= 15 is 0 Å². The van der Waals surface area contributed by atoms with Crippen LogP contribution in [0.25, 0.3) is 28.1 Å². The standard InChI is InChI=1S/C27H22N6O/c34-27(32-14-9-22(18-32)21-3-1-10-29-16-21)20-5-6-25-24(15-20)31-26(19-7-12-28-13-8-19)33(25)23-4-2-11-30-17-23/h1-8,10-13,15-17,22H,9,14,18H2. The fourth-order valence-electron chi connectivity index (χ4n) is 4.67. The molecule has 1 unspecified atom stereocenters. The van der Waals surface area contributed by atoms with Crippen LogP contribution in [0.2, 0.25) is 0 Å². The highest BCUT2D eigenvalue weighted by molar-refractivity contribution is 5.98. The van der Waals surface area contributed by atoms with E-state index in [1.807, 2.05) is 65.8 Å². The van der Waals surface area contributed by atoms with Gasteiger partial charge in [0.05, 0.1) is 22.9 Å². The molecule has 7 nitrogen and oxygen atoms in total. The summed E-state index contributed by atoms with van der Waals surface area (Å²) in [6.45, 7) is 1.44. The molecule has 5 heterocycles. The molecular formula is C27H22N6O. The maximum Gasteiger partial charge on any atom is 0.253 e. The number of carbonyl (C=O) groups excluding carboxylic acids is 1. The zero-order valence-corrected chi connectivity index (χ0v) is 18.5. The Balaban J connectivity index is 1.37. The first kappa shape index (κ1) is 20.2. The number of carbonyl (C=O) groups is 1. The molecule has 0 bridgehead atoms. The van der Waals surface area contributed by atoms with E-state index in [1.54, 1.807) is 24.8 Å². The molecule has 1 aliphatic rings. The van der Waals surface area contributed by atoms with Crippen molar-refractivity contribution in [2.45, 2.75) is 12.3 Å². The molecule has 0 saturated carbocycles. The molecule has 166 valence electrons. The largest absolute Gasteiger partial charge is 0.338 e. The van der Waals surface area contributed by atoms with Gasteiger partial charge in [-0.05, 0) is 60.5 Å². The van der Waals surface area contributed by atoms with Crippen molar-refractivity contribution in [3.63, 3.8) is 0 Å². The Morgan fingerprint density at radius 3 is 2.47 bits per heavy atom. The highest BCUT2D eigenvalue weighted by atomic mass is 16.2. The second-order valence-electron chi connectivity index (χ2n) is 8.44. The quantitative estimate of drug-likeness (QED) is 0.406. The molecule has 7 heteroatoms. The van der Waals surface area contributed by atoms with Gasteiger partial charge in [0.25, 0.3) is 5.91 Å². The Morgan fingerprint density at radius 1 is 0.882 bits per heavy atom. The number of likely N-dealkylation sites (tertiary alicyclic amines) is 1. The topological polar surface area (TPSA) is 76.8 Å². The van der Waals surface area contributed by atoms with Crippen LogP contribution in [-0.2, 0) is 0 Å². The van der Waals surface area contributed by atoms with E-state index in [1.165, 1.54) is 5.56 Å². The van der Waals surface area contributed by atoms with Gasteiger partial charge in [-0.25, -0.2) is 4.98 Å². The molecular weight excluding hydrogens is 424 g/mol. The molecule has 1 aromatic carbocycles. The Morgan fingerprint density at radius 2 is 1.71 bits per heavy atom. The van der Waals surface area contributed by atoms with Gasteiger partial charge in [0.2, 0.25) is 0 Å². The summed E-state index contributed by atoms with van der Waals surface area (Å²) in [4.78, 5) is 32.9. The van der Waals surface area contributed by atoms with E-state index in [9.17, 15) is 4.79 Å². The molecule has 0 spiro atoms. The van der Waals surface area contributed by atoms with Crippen molar-refractivity contribution in [3.8, 4) is 17.1 Å². The van der Waals surface area contributed by atoms with Crippen molar-refractivity contribution < 1.29 is 4.79 Å². The van der Waals surface area contributed by atoms with Crippen molar-refractivity contribution in [2.24, 2.45) is 0 Å². The number of imidazole rings is 1. The average Bonchev–Trinajstić information content (AvgIpc) is 3.55. The summed E-state index contributed by atoms with van der Waals surface area (Å²) in [5, 5.41) is 0. The molecule has 4 aromatic heterocycles. The Bertz CT molecular complexity index is 1450. The number of hydrogen-bond donors (Lipinski definition) is 0. The van der Waals surface area contributed by atoms with E-state index in [0.29, 0.717) is 18.0 Å². The first-order chi connectivity index (χ1) is 16.8. The molecule has 0 radical (unpaired) electrons. The van der Waals surface area contributed by atoms with Crippen molar-refractivity contribution in [1.82, 2.24) is 29.4 Å². The minimum Gasteiger partial charge on any atom is -0.338 e. The average molecular weight is 447 g/mol. The van der Waals surface area contributed by atoms with E-state index in [-0.39, 0.29) is 5.91 Å². The maximum atomic E-state index is 13.4. The highest BCUT2D eigenvalue weighted by Crippen LogP contribution is 2.31. The van der Waals surface area contributed by atoms with Crippen molar-refractivity contribution in [3.05, 3.63) is 103 Å². The summed E-state index contributed by atoms with van der Waals surface area (Å²) < 4.78 is 2.07. The third-order valence-electron chi connectivity index (χ3n) is 6.38. The van der Waals surface area contributed by atoms with Crippen LogP contribution in [0, 0.1) is 0 Å². The number of fused-ring (bicyclic) bond motifs is 1. The lowest BCUT2D eigenvalue weighted by Gasteiger charge is -2.17. The Hall–Kier alpha value is -4.39. The number of nitrogens with zero attached hydrogens (tertiary/aromatic N) is 6. The van der Waals surface area contributed by atoms with Gasteiger partial charge in [-0.1, -0.05) is 6.07 Å². The van der Waals surface area contributed by atoms with Crippen LogP contribution in [0.3, 0.4) is 0 Å². The first-order valence-corrected chi connectivity index (χ1v) is 11.3. The van der Waals surface area contributed by atoms with Gasteiger partial charge in [-0.2, -0.15) is 0 Å². The number of amides is 1. The van der Waals surface area contributed by atoms with Crippen LogP contribution in [0.1, 0.15) is 28.3 Å². The second-order valence-corrected chi connectivity index (χ2v) is 8.44. The third kappa shape index (κ3) is 3.61. The number of rotatable bonds is 4. The summed E-state index contributed by atoms with van der Waals surface area (Å²) in [6, 6.07) is 17.6. The van der Waals surface area contributed by atoms with E-state index < -0.39 is 0 Å². The first-order valence-electron chi connectivity index (χ1n) is 11.3. The number of benzene rings is 1. The molecule has 0 N–H and O–H groups in total. The van der Waals surface area contributed by atoms with Crippen LogP contribution in [0.4, 0.5) is 0 Å². The predicted octanol–water partition coefficient (Wildman–Crippen LogP) is 4.51. The SMILES string of the molecule is O=C(c1ccc2c(c1)nc(-c1ccncc1)n2-c1cccnc1)N1CCC(c2cccnc2)C1. The lowest BCUT2D eigenvalue weighted by molar-refractivity contribution is 0.0791. The number of hydrogen-bond acceptors (Lipinski definition) is 5. The van der Waals surface area contributed by atoms with Gasteiger partial charge in [0.1, 0.15) is 5.82 Å². The zero-order valence-electron chi connectivity index (χ0n) is 18.5. The molecule has 34 heavy (non-hydrogen) atoms. The summed E-state index contributed by atoms with van der Waals surface area (Å²) in [5.41, 5.74) is 5.38. The molecule has 1 atom stereocenters. The van der Waals surface area contributed by atoms with Crippen LogP contribution in [0.15, 0.2) is 91.8 Å². The van der Waals surface area contributed by atoms with Gasteiger partial charge < -0.3 is 4.90 Å². The van der Waals surface area contributed by atoms with Gasteiger partial charge in [-0.3, -0.25) is 24.3 Å². The monoisotopic (exact) mass is 446 g/mol. The van der Waals surface area contributed by atoms with Crippen LogP contribution in [0.5, 0.6) is 0 Å². The Labute approximate surface area is 196 Å². The fraction of sp³-hybridized carbons (Fsp3) is 0.148. The zero-order chi connectivity index (χ0) is 22.9. The van der Waals surface area contributed by atoms with Gasteiger partial charge >= 0.3 is 0 Å². The second kappa shape index (κ2) is 8.51. The summed E-state index contributed by atoms with van der Waals surface area (Å²) in [6.07, 6.45) is 11.7. The predicted molar refractivity (Wildman–Crippen MR) is 130 cm³/mol. The number of aromatic nitrogens is 5. The molecule has 1 fully saturated rings. The van der Waals surface area contributed by atoms with Gasteiger partial charge in [0.15, 0.2) is 0 Å². The normalized spacial score (nSPS) is 15.6. The molecule has 1 amide bonds. The van der Waals surface area contributed by atoms with Crippen LogP contribution in [-0.4, -0.2) is 48.4 Å². The van der Waals surface area contributed by atoms with E-state index in [0.717, 1.165) is 41.1 Å². The molecule has 1 aliphatic heterocycles. The third-order valence-corrected chi connectivity index (χ3v) is 6.38. The molecule has 0 aliphatic carbocycles. The minimum atomic E-state index is 0.0367. The van der Waals surface area contributed by atoms with Crippen molar-refractivity contribution >= 4 is 16.9 Å². The van der Waals surface area contributed by atoms with Crippen LogP contribution >= 0.6 is 0 Å². The minimum absolute atomic E-state index is 0.0367. The molecule has 6 rings (SSSR count). The van der Waals surface area contributed by atoms with Crippen molar-refractivity contribution in [2.75, 3.05) is 13.1 Å². The summed E-state index contributed by atoms with van der Waals surface area (Å²) in [7, 11) is 0. The lowest BCUT2D eigenvalue weighted by atomic mass is 10.0. The lowest BCUT2D eigenvalue weighted by Crippen LogP contribution is -2.28. The Kier molecular flexibility index (Phi) is 5.07. The molecule has 5 aromatic rings. The van der Waals surface area contributed by atoms with Crippen LogP contribution < -0.4 is 0 Å². The highest BCUT2D eigenvalue weighted by Gasteiger charge is 2.28. The fourth-order valence-corrected chi connectivity index (χ4v) is 4.67. The van der Waals surface area contributed by atoms with E-state index in [2.05, 4.69) is 25.6 Å². The molecule has 1 saturated heterocycles. The smallest absolute Gasteiger partial charge is 0.253 e.